The van der Waals surface area contributed by atoms with Crippen molar-refractivity contribution in [1.29, 1.82) is 0 Å². The maximum Gasteiger partial charge on any atom is 0.0627 e. The summed E-state index contributed by atoms with van der Waals surface area (Å²) in [5, 5.41) is 0.840. The first kappa shape index (κ1) is 7.11. The van der Waals surface area contributed by atoms with Gasteiger partial charge in [-0.3, -0.25) is 4.98 Å². The molecule has 0 aliphatic heterocycles. The molecule has 0 unspecified atom stereocenters. The van der Waals surface area contributed by atoms with Gasteiger partial charge in [0, 0.05) is 12.1 Å². The van der Waals surface area contributed by atoms with E-state index in [2.05, 4.69) is 4.98 Å². The van der Waals surface area contributed by atoms with Crippen LogP contribution >= 0.6 is 11.6 Å². The number of pyridine rings is 1. The van der Waals surface area contributed by atoms with Crippen LogP contribution in [0.25, 0.3) is 0 Å². The lowest BCUT2D eigenvalue weighted by atomic mass is 10.2. The minimum absolute atomic E-state index is 0.656. The summed E-state index contributed by atoms with van der Waals surface area (Å²) in [7, 11) is 0. The van der Waals surface area contributed by atoms with E-state index in [9.17, 15) is 0 Å². The Morgan fingerprint density at radius 3 is 2.82 bits per heavy atom. The molecular weight excluding hydrogens is 158 g/mol. The molecule has 0 spiro atoms. The molecule has 0 bridgehead atoms. The number of nitrogens with zero attached hydrogens (tertiary/aromatic N) is 1. The van der Waals surface area contributed by atoms with E-state index in [1.807, 2.05) is 19.2 Å². The second-order valence-electron chi connectivity index (χ2n) is 3.15. The molecule has 1 aliphatic carbocycles. The fourth-order valence-corrected chi connectivity index (χ4v) is 1.58. The lowest BCUT2D eigenvalue weighted by molar-refractivity contribution is 1.01. The monoisotopic (exact) mass is 167 g/mol. The molecule has 0 amide bonds. The number of hydrogen-bond acceptors (Lipinski definition) is 1. The van der Waals surface area contributed by atoms with Crippen LogP contribution < -0.4 is 0 Å². The first-order chi connectivity index (χ1) is 5.27. The molecule has 11 heavy (non-hydrogen) atoms. The molecule has 2 heteroatoms. The molecule has 1 aromatic heterocycles. The zero-order valence-electron chi connectivity index (χ0n) is 6.47. The van der Waals surface area contributed by atoms with E-state index >= 15 is 0 Å². The molecule has 0 aromatic carbocycles. The summed E-state index contributed by atoms with van der Waals surface area (Å²) in [4.78, 5) is 4.31. The molecule has 1 saturated carbocycles. The summed E-state index contributed by atoms with van der Waals surface area (Å²) in [6.45, 7) is 2.01. The maximum absolute atomic E-state index is 6.00. The van der Waals surface area contributed by atoms with Crippen LogP contribution in [0.15, 0.2) is 12.3 Å². The van der Waals surface area contributed by atoms with Crippen LogP contribution in [0.1, 0.15) is 30.0 Å². The number of hydrogen-bond donors (Lipinski definition) is 0. The van der Waals surface area contributed by atoms with Crippen molar-refractivity contribution in [2.24, 2.45) is 0 Å². The molecule has 58 valence electrons. The summed E-state index contributed by atoms with van der Waals surface area (Å²) < 4.78 is 0. The van der Waals surface area contributed by atoms with E-state index in [4.69, 9.17) is 11.6 Å². The third kappa shape index (κ3) is 1.38. The molecule has 0 saturated heterocycles. The molecule has 1 fully saturated rings. The Balaban J connectivity index is 2.39. The molecular formula is C9H10ClN. The fraction of sp³-hybridized carbons (Fsp3) is 0.444. The van der Waals surface area contributed by atoms with Crippen LogP contribution in [-0.4, -0.2) is 4.98 Å². The summed E-state index contributed by atoms with van der Waals surface area (Å²) in [6.07, 6.45) is 4.41. The number of aromatic nitrogens is 1. The van der Waals surface area contributed by atoms with E-state index in [0.29, 0.717) is 5.92 Å². The van der Waals surface area contributed by atoms with Crippen molar-refractivity contribution in [3.05, 3.63) is 28.5 Å². The predicted octanol–water partition coefficient (Wildman–Crippen LogP) is 2.92. The third-order valence-electron chi connectivity index (χ3n) is 1.97. The maximum atomic E-state index is 6.00. The van der Waals surface area contributed by atoms with Crippen LogP contribution in [0.4, 0.5) is 0 Å². The SMILES string of the molecule is Cc1cnc(C2CC2)c(Cl)c1. The first-order valence-electron chi connectivity index (χ1n) is 3.89. The minimum atomic E-state index is 0.656. The Kier molecular flexibility index (Phi) is 1.61. The Bertz CT molecular complexity index is 279. The van der Waals surface area contributed by atoms with Crippen molar-refractivity contribution < 1.29 is 0 Å². The van der Waals surface area contributed by atoms with Gasteiger partial charge >= 0.3 is 0 Å². The predicted molar refractivity (Wildman–Crippen MR) is 46.0 cm³/mol. The largest absolute Gasteiger partial charge is 0.259 e. The van der Waals surface area contributed by atoms with E-state index in [1.165, 1.54) is 12.8 Å². The Morgan fingerprint density at radius 1 is 1.55 bits per heavy atom. The van der Waals surface area contributed by atoms with Gasteiger partial charge in [0.05, 0.1) is 10.7 Å². The van der Waals surface area contributed by atoms with E-state index in [0.717, 1.165) is 16.3 Å². The Labute approximate surface area is 71.4 Å². The number of rotatable bonds is 1. The Hall–Kier alpha value is -0.560. The van der Waals surface area contributed by atoms with Crippen molar-refractivity contribution in [1.82, 2.24) is 4.98 Å². The second kappa shape index (κ2) is 2.49. The zero-order valence-corrected chi connectivity index (χ0v) is 7.23. The summed E-state index contributed by atoms with van der Waals surface area (Å²) in [6, 6.07) is 1.99. The third-order valence-corrected chi connectivity index (χ3v) is 2.27. The van der Waals surface area contributed by atoms with Gasteiger partial charge in [-0.1, -0.05) is 11.6 Å². The van der Waals surface area contributed by atoms with Gasteiger partial charge in [0.15, 0.2) is 0 Å². The van der Waals surface area contributed by atoms with Crippen molar-refractivity contribution in [2.75, 3.05) is 0 Å². The van der Waals surface area contributed by atoms with E-state index < -0.39 is 0 Å². The van der Waals surface area contributed by atoms with Gasteiger partial charge in [-0.05, 0) is 31.4 Å². The van der Waals surface area contributed by atoms with E-state index in [-0.39, 0.29) is 0 Å². The quantitative estimate of drug-likeness (QED) is 0.627. The average molecular weight is 168 g/mol. The molecule has 0 N–H and O–H groups in total. The molecule has 1 heterocycles. The highest BCUT2D eigenvalue weighted by molar-refractivity contribution is 6.31. The van der Waals surface area contributed by atoms with Crippen LogP contribution in [0.2, 0.25) is 5.02 Å². The van der Waals surface area contributed by atoms with Crippen molar-refractivity contribution in [2.45, 2.75) is 25.7 Å². The molecule has 1 nitrogen and oxygen atoms in total. The minimum Gasteiger partial charge on any atom is -0.259 e. The topological polar surface area (TPSA) is 12.9 Å². The second-order valence-corrected chi connectivity index (χ2v) is 3.56. The fourth-order valence-electron chi connectivity index (χ4n) is 1.20. The van der Waals surface area contributed by atoms with Gasteiger partial charge in [-0.15, -0.1) is 0 Å². The first-order valence-corrected chi connectivity index (χ1v) is 4.27. The van der Waals surface area contributed by atoms with Crippen molar-refractivity contribution >= 4 is 11.6 Å². The lowest BCUT2D eigenvalue weighted by Crippen LogP contribution is -1.88. The highest BCUT2D eigenvalue weighted by Crippen LogP contribution is 2.41. The van der Waals surface area contributed by atoms with Gasteiger partial charge < -0.3 is 0 Å². The van der Waals surface area contributed by atoms with Crippen molar-refractivity contribution in [3.63, 3.8) is 0 Å². The highest BCUT2D eigenvalue weighted by atomic mass is 35.5. The smallest absolute Gasteiger partial charge is 0.0627 e. The van der Waals surface area contributed by atoms with Crippen molar-refractivity contribution in [3.8, 4) is 0 Å². The van der Waals surface area contributed by atoms with Crippen LogP contribution in [-0.2, 0) is 0 Å². The lowest BCUT2D eigenvalue weighted by Gasteiger charge is -2.00. The molecule has 2 rings (SSSR count). The number of halogens is 1. The summed E-state index contributed by atoms with van der Waals surface area (Å²) in [5.74, 6) is 0.656. The molecule has 1 aliphatic rings. The molecule has 1 aromatic rings. The molecule has 0 atom stereocenters. The van der Waals surface area contributed by atoms with Gasteiger partial charge in [0.25, 0.3) is 0 Å². The van der Waals surface area contributed by atoms with Crippen LogP contribution in [0.3, 0.4) is 0 Å². The standard InChI is InChI=1S/C9H10ClN/c1-6-4-8(10)9(11-5-6)7-2-3-7/h4-5,7H,2-3H2,1H3. The van der Waals surface area contributed by atoms with Crippen LogP contribution in [0.5, 0.6) is 0 Å². The summed E-state index contributed by atoms with van der Waals surface area (Å²) >= 11 is 6.00. The zero-order chi connectivity index (χ0) is 7.84. The van der Waals surface area contributed by atoms with Gasteiger partial charge in [0.2, 0.25) is 0 Å². The van der Waals surface area contributed by atoms with Crippen LogP contribution in [0, 0.1) is 6.92 Å². The van der Waals surface area contributed by atoms with Gasteiger partial charge in [-0.2, -0.15) is 0 Å². The normalized spacial score (nSPS) is 16.9. The molecule has 0 radical (unpaired) electrons. The van der Waals surface area contributed by atoms with Gasteiger partial charge in [0.1, 0.15) is 0 Å². The summed E-state index contributed by atoms with van der Waals surface area (Å²) in [5.41, 5.74) is 2.23. The average Bonchev–Trinajstić information content (AvgIpc) is 2.70. The highest BCUT2D eigenvalue weighted by Gasteiger charge is 2.26. The number of aryl methyl sites for hydroxylation is 1. The van der Waals surface area contributed by atoms with E-state index in [1.54, 1.807) is 0 Å². The Morgan fingerprint density at radius 2 is 2.27 bits per heavy atom. The van der Waals surface area contributed by atoms with Gasteiger partial charge in [-0.25, -0.2) is 0 Å².